The van der Waals surface area contributed by atoms with E-state index in [0.29, 0.717) is 6.61 Å². The fourth-order valence-corrected chi connectivity index (χ4v) is 0.727. The molecule has 4 nitrogen and oxygen atoms in total. The van der Waals surface area contributed by atoms with Crippen LogP contribution in [0.5, 0.6) is 0 Å². The molecule has 2 unspecified atom stereocenters. The van der Waals surface area contributed by atoms with Crippen molar-refractivity contribution < 1.29 is 19.4 Å². The van der Waals surface area contributed by atoms with E-state index in [1.54, 1.807) is 6.92 Å². The third kappa shape index (κ3) is 5.90. The van der Waals surface area contributed by atoms with Crippen molar-refractivity contribution in [3.05, 3.63) is 0 Å². The minimum atomic E-state index is -1.73. The number of rotatable bonds is 5. The first-order valence-corrected chi connectivity index (χ1v) is 4.56. The van der Waals surface area contributed by atoms with Crippen LogP contribution in [0.3, 0.4) is 0 Å². The molecule has 2 atom stereocenters. The van der Waals surface area contributed by atoms with Gasteiger partial charge in [0.1, 0.15) is 6.61 Å². The summed E-state index contributed by atoms with van der Waals surface area (Å²) in [5.41, 5.74) is 0. The largest absolute Gasteiger partial charge is 0.460 e. The van der Waals surface area contributed by atoms with Crippen molar-refractivity contribution >= 4 is 18.6 Å². The fourth-order valence-electron chi connectivity index (χ4n) is 0.662. The van der Waals surface area contributed by atoms with Crippen LogP contribution in [0.4, 0.5) is 0 Å². The van der Waals surface area contributed by atoms with E-state index < -0.39 is 10.9 Å². The Kier molecular flexibility index (Phi) is 5.36. The Bertz CT molecular complexity index is 164. The van der Waals surface area contributed by atoms with Crippen LogP contribution < -0.4 is 0 Å². The van der Waals surface area contributed by atoms with Crippen molar-refractivity contribution in [1.29, 1.82) is 0 Å². The highest BCUT2D eigenvalue weighted by Crippen LogP contribution is 2.10. The molecule has 0 aliphatic carbocycles. The lowest BCUT2D eigenvalue weighted by Gasteiger charge is -2.17. The summed E-state index contributed by atoms with van der Waals surface area (Å²) in [6, 6.07) is 0. The Hall–Kier alpha value is -0.260. The highest BCUT2D eigenvalue weighted by molar-refractivity contribution is 7.82. The SMILES string of the molecule is CCOC(C)COC(=O)C(C)(O)S. The fraction of sp³-hybridized carbons (Fsp3) is 0.875. The number of hydrogen-bond donors (Lipinski definition) is 2. The number of carbonyl (C=O) groups is 1. The average molecular weight is 208 g/mol. The lowest BCUT2D eigenvalue weighted by atomic mass is 10.4. The van der Waals surface area contributed by atoms with Gasteiger partial charge in [-0.1, -0.05) is 0 Å². The molecule has 0 saturated heterocycles. The van der Waals surface area contributed by atoms with Gasteiger partial charge >= 0.3 is 5.97 Å². The number of aliphatic hydroxyl groups is 1. The van der Waals surface area contributed by atoms with Crippen molar-refractivity contribution in [2.45, 2.75) is 31.8 Å². The molecule has 0 aliphatic heterocycles. The van der Waals surface area contributed by atoms with Crippen LogP contribution in [0, 0.1) is 0 Å². The van der Waals surface area contributed by atoms with E-state index in [9.17, 15) is 4.79 Å². The first-order valence-electron chi connectivity index (χ1n) is 4.11. The highest BCUT2D eigenvalue weighted by Gasteiger charge is 2.27. The first-order chi connectivity index (χ1) is 5.88. The molecule has 0 saturated carbocycles. The summed E-state index contributed by atoms with van der Waals surface area (Å²) >= 11 is 3.64. The number of thiol groups is 1. The molecule has 13 heavy (non-hydrogen) atoms. The summed E-state index contributed by atoms with van der Waals surface area (Å²) in [6.07, 6.45) is -0.162. The second-order valence-electron chi connectivity index (χ2n) is 2.89. The maximum atomic E-state index is 11.0. The Balaban J connectivity index is 3.71. The van der Waals surface area contributed by atoms with Gasteiger partial charge in [0.05, 0.1) is 6.10 Å². The molecule has 0 spiro atoms. The van der Waals surface area contributed by atoms with E-state index in [1.165, 1.54) is 6.92 Å². The summed E-state index contributed by atoms with van der Waals surface area (Å²) < 4.78 is 9.85. The summed E-state index contributed by atoms with van der Waals surface area (Å²) in [4.78, 5) is 9.24. The quantitative estimate of drug-likeness (QED) is 0.394. The zero-order valence-corrected chi connectivity index (χ0v) is 9.01. The smallest absolute Gasteiger partial charge is 0.348 e. The number of esters is 1. The number of hydrogen-bond acceptors (Lipinski definition) is 5. The molecule has 1 N–H and O–H groups in total. The van der Waals surface area contributed by atoms with E-state index in [2.05, 4.69) is 12.6 Å². The Morgan fingerprint density at radius 1 is 1.69 bits per heavy atom. The molecule has 0 aromatic rings. The Morgan fingerprint density at radius 3 is 2.62 bits per heavy atom. The van der Waals surface area contributed by atoms with Crippen LogP contribution in [0.2, 0.25) is 0 Å². The van der Waals surface area contributed by atoms with Gasteiger partial charge in [0, 0.05) is 6.61 Å². The van der Waals surface area contributed by atoms with Crippen LogP contribution in [0.25, 0.3) is 0 Å². The second kappa shape index (κ2) is 5.47. The molecule has 78 valence electrons. The summed E-state index contributed by atoms with van der Waals surface area (Å²) in [7, 11) is 0. The van der Waals surface area contributed by atoms with Gasteiger partial charge < -0.3 is 14.6 Å². The normalized spacial score (nSPS) is 17.6. The van der Waals surface area contributed by atoms with Gasteiger partial charge in [-0.05, 0) is 20.8 Å². The molecule has 0 amide bonds. The maximum Gasteiger partial charge on any atom is 0.348 e. The van der Waals surface area contributed by atoms with Crippen molar-refractivity contribution in [2.24, 2.45) is 0 Å². The van der Waals surface area contributed by atoms with E-state index in [1.807, 2.05) is 6.92 Å². The summed E-state index contributed by atoms with van der Waals surface area (Å²) in [5, 5.41) is 9.08. The summed E-state index contributed by atoms with van der Waals surface area (Å²) in [5.74, 6) is -0.762. The Morgan fingerprint density at radius 2 is 2.23 bits per heavy atom. The van der Waals surface area contributed by atoms with Crippen molar-refractivity contribution in [3.8, 4) is 0 Å². The Labute approximate surface area is 83.6 Å². The van der Waals surface area contributed by atoms with Gasteiger partial charge in [0.2, 0.25) is 4.93 Å². The lowest BCUT2D eigenvalue weighted by Crippen LogP contribution is -2.32. The van der Waals surface area contributed by atoms with Gasteiger partial charge in [-0.2, -0.15) is 0 Å². The van der Waals surface area contributed by atoms with E-state index >= 15 is 0 Å². The molecule has 0 heterocycles. The van der Waals surface area contributed by atoms with Crippen LogP contribution >= 0.6 is 12.6 Å². The van der Waals surface area contributed by atoms with Gasteiger partial charge in [0.25, 0.3) is 0 Å². The van der Waals surface area contributed by atoms with Crippen LogP contribution in [-0.4, -0.2) is 35.3 Å². The minimum absolute atomic E-state index is 0.128. The number of ether oxygens (including phenoxy) is 2. The second-order valence-corrected chi connectivity index (χ2v) is 3.76. The van der Waals surface area contributed by atoms with Gasteiger partial charge in [-0.25, -0.2) is 4.79 Å². The molecule has 0 rings (SSSR count). The van der Waals surface area contributed by atoms with Crippen molar-refractivity contribution in [2.75, 3.05) is 13.2 Å². The molecule has 0 aromatic heterocycles. The average Bonchev–Trinajstić information content (AvgIpc) is 1.99. The molecule has 0 fully saturated rings. The predicted octanol–water partition coefficient (Wildman–Crippen LogP) is 0.593. The third-order valence-electron chi connectivity index (χ3n) is 1.29. The molecular weight excluding hydrogens is 192 g/mol. The molecule has 0 radical (unpaired) electrons. The van der Waals surface area contributed by atoms with Crippen LogP contribution in [0.1, 0.15) is 20.8 Å². The first kappa shape index (κ1) is 12.7. The zero-order valence-electron chi connectivity index (χ0n) is 8.11. The standard InChI is InChI=1S/C8H16O4S/c1-4-11-6(2)5-12-7(9)8(3,10)13/h6,10,13H,4-5H2,1-3H3. The zero-order chi connectivity index (χ0) is 10.5. The highest BCUT2D eigenvalue weighted by atomic mass is 32.1. The van der Waals surface area contributed by atoms with Crippen molar-refractivity contribution in [3.63, 3.8) is 0 Å². The molecule has 5 heteroatoms. The van der Waals surface area contributed by atoms with Gasteiger partial charge in [-0.15, -0.1) is 12.6 Å². The van der Waals surface area contributed by atoms with Crippen LogP contribution in [-0.2, 0) is 14.3 Å². The monoisotopic (exact) mass is 208 g/mol. The molecule has 0 aliphatic rings. The molecule has 0 aromatic carbocycles. The molecule has 0 bridgehead atoms. The lowest BCUT2D eigenvalue weighted by molar-refractivity contribution is -0.158. The van der Waals surface area contributed by atoms with E-state index in [0.717, 1.165) is 0 Å². The summed E-state index contributed by atoms with van der Waals surface area (Å²) in [6.45, 7) is 5.58. The van der Waals surface area contributed by atoms with E-state index in [4.69, 9.17) is 14.6 Å². The topological polar surface area (TPSA) is 55.8 Å². The van der Waals surface area contributed by atoms with Crippen molar-refractivity contribution in [1.82, 2.24) is 0 Å². The molecular formula is C8H16O4S. The predicted molar refractivity (Wildman–Crippen MR) is 51.7 cm³/mol. The number of carbonyl (C=O) groups excluding carboxylic acids is 1. The van der Waals surface area contributed by atoms with Crippen LogP contribution in [0.15, 0.2) is 0 Å². The van der Waals surface area contributed by atoms with E-state index in [-0.39, 0.29) is 12.7 Å². The third-order valence-corrected chi connectivity index (χ3v) is 1.47. The minimum Gasteiger partial charge on any atom is -0.460 e. The van der Waals surface area contributed by atoms with Gasteiger partial charge in [0.15, 0.2) is 0 Å². The van der Waals surface area contributed by atoms with Gasteiger partial charge in [-0.3, -0.25) is 0 Å². The maximum absolute atomic E-state index is 11.0.